The van der Waals surface area contributed by atoms with Crippen molar-refractivity contribution in [3.8, 4) is 0 Å². The summed E-state index contributed by atoms with van der Waals surface area (Å²) in [6.45, 7) is 4.18. The summed E-state index contributed by atoms with van der Waals surface area (Å²) in [6.07, 6.45) is 0.735. The van der Waals surface area contributed by atoms with Crippen LogP contribution >= 0.6 is 0 Å². The maximum atomic E-state index is 3.92. The highest BCUT2D eigenvalue weighted by atomic mass is 15.5. The van der Waals surface area contributed by atoms with Gasteiger partial charge in [0.15, 0.2) is 5.82 Å². The Morgan fingerprint density at radius 3 is 2.43 bits per heavy atom. The van der Waals surface area contributed by atoms with E-state index in [1.165, 1.54) is 16.7 Å². The summed E-state index contributed by atoms with van der Waals surface area (Å²) >= 11 is 0. The summed E-state index contributed by atoms with van der Waals surface area (Å²) in [5.41, 5.74) is 3.76. The number of nitrogens with one attached hydrogen (secondary N) is 1. The van der Waals surface area contributed by atoms with Crippen LogP contribution < -0.4 is 0 Å². The smallest absolute Gasteiger partial charge is 0.177 e. The fourth-order valence-electron chi connectivity index (χ4n) is 1.61. The molecule has 4 nitrogen and oxygen atoms in total. The Hall–Kier alpha value is -1.71. The van der Waals surface area contributed by atoms with Crippen molar-refractivity contribution >= 4 is 0 Å². The Morgan fingerprint density at radius 2 is 1.86 bits per heavy atom. The van der Waals surface area contributed by atoms with E-state index in [1.54, 1.807) is 0 Å². The van der Waals surface area contributed by atoms with Crippen LogP contribution in [0, 0.1) is 13.8 Å². The predicted octanol–water partition coefficient (Wildman–Crippen LogP) is 1.41. The maximum absolute atomic E-state index is 3.92. The van der Waals surface area contributed by atoms with Gasteiger partial charge >= 0.3 is 0 Å². The van der Waals surface area contributed by atoms with Crippen molar-refractivity contribution in [2.45, 2.75) is 20.3 Å². The average Bonchev–Trinajstić information content (AvgIpc) is 2.54. The second-order valence-electron chi connectivity index (χ2n) is 3.50. The molecule has 0 saturated heterocycles. The molecule has 1 heterocycles. The molecule has 1 aromatic heterocycles. The largest absolute Gasteiger partial charge is 0.178 e. The first kappa shape index (κ1) is 8.87. The zero-order chi connectivity index (χ0) is 9.97. The lowest BCUT2D eigenvalue weighted by Crippen LogP contribution is -1.92. The highest BCUT2D eigenvalue weighted by molar-refractivity contribution is 5.30. The summed E-state index contributed by atoms with van der Waals surface area (Å²) in [4.78, 5) is 0. The summed E-state index contributed by atoms with van der Waals surface area (Å²) in [5.74, 6) is 0.731. The molecule has 0 saturated carbocycles. The minimum Gasteiger partial charge on any atom is -0.177 e. The second kappa shape index (κ2) is 3.57. The average molecular weight is 188 g/mol. The maximum Gasteiger partial charge on any atom is 0.178 e. The van der Waals surface area contributed by atoms with E-state index in [9.17, 15) is 0 Å². The molecule has 0 fully saturated rings. The Balaban J connectivity index is 2.25. The van der Waals surface area contributed by atoms with Crippen LogP contribution in [0.1, 0.15) is 22.5 Å². The number of aryl methyl sites for hydroxylation is 2. The van der Waals surface area contributed by atoms with Gasteiger partial charge in [-0.1, -0.05) is 34.5 Å². The molecule has 2 aromatic rings. The summed E-state index contributed by atoms with van der Waals surface area (Å²) in [7, 11) is 0. The van der Waals surface area contributed by atoms with Gasteiger partial charge in [-0.05, 0) is 19.4 Å². The van der Waals surface area contributed by atoms with Gasteiger partial charge in [-0.2, -0.15) is 5.21 Å². The van der Waals surface area contributed by atoms with E-state index in [2.05, 4.69) is 52.7 Å². The Labute approximate surface area is 82.4 Å². The first-order valence-corrected chi connectivity index (χ1v) is 4.53. The van der Waals surface area contributed by atoms with E-state index in [0.717, 1.165) is 12.2 Å². The van der Waals surface area contributed by atoms with Gasteiger partial charge in [0.05, 0.1) is 0 Å². The molecule has 0 unspecified atom stereocenters. The van der Waals surface area contributed by atoms with E-state index in [1.807, 2.05) is 0 Å². The van der Waals surface area contributed by atoms with E-state index in [0.29, 0.717) is 0 Å². The van der Waals surface area contributed by atoms with Crippen molar-refractivity contribution in [3.05, 3.63) is 40.7 Å². The quantitative estimate of drug-likeness (QED) is 0.775. The fraction of sp³-hybridized carbons (Fsp3) is 0.300. The number of aromatic nitrogens is 4. The molecule has 0 aliphatic rings. The molecular weight excluding hydrogens is 176 g/mol. The van der Waals surface area contributed by atoms with Crippen LogP contribution in [-0.2, 0) is 6.42 Å². The van der Waals surface area contributed by atoms with Crippen molar-refractivity contribution in [1.29, 1.82) is 0 Å². The lowest BCUT2D eigenvalue weighted by molar-refractivity contribution is 0.881. The van der Waals surface area contributed by atoms with Crippen LogP contribution in [0.3, 0.4) is 0 Å². The summed E-state index contributed by atoms with van der Waals surface area (Å²) in [5, 5.41) is 13.8. The van der Waals surface area contributed by atoms with E-state index >= 15 is 0 Å². The van der Waals surface area contributed by atoms with Crippen LogP contribution in [0.15, 0.2) is 18.2 Å². The lowest BCUT2D eigenvalue weighted by Gasteiger charge is -2.01. The van der Waals surface area contributed by atoms with Crippen molar-refractivity contribution < 1.29 is 0 Å². The number of benzene rings is 1. The monoisotopic (exact) mass is 188 g/mol. The molecule has 0 radical (unpaired) electrons. The third-order valence-corrected chi connectivity index (χ3v) is 2.03. The third kappa shape index (κ3) is 1.96. The highest BCUT2D eigenvalue weighted by Gasteiger charge is 2.01. The first-order valence-electron chi connectivity index (χ1n) is 4.53. The number of hydrogen-bond donors (Lipinski definition) is 1. The molecule has 0 bridgehead atoms. The van der Waals surface area contributed by atoms with Crippen molar-refractivity contribution in [2.75, 3.05) is 0 Å². The number of nitrogens with zero attached hydrogens (tertiary/aromatic N) is 3. The molecule has 0 aliphatic heterocycles. The van der Waals surface area contributed by atoms with Gasteiger partial charge in [-0.25, -0.2) is 0 Å². The molecule has 14 heavy (non-hydrogen) atoms. The van der Waals surface area contributed by atoms with Gasteiger partial charge in [0, 0.05) is 6.42 Å². The van der Waals surface area contributed by atoms with Gasteiger partial charge in [-0.15, -0.1) is 10.2 Å². The standard InChI is InChI=1S/C10H12N4/c1-7-3-8(2)5-9(4-7)6-10-11-13-14-12-10/h3-5H,6H2,1-2H3,(H,11,12,13,14). The SMILES string of the molecule is Cc1cc(C)cc(Cc2nn[nH]n2)c1. The molecule has 1 N–H and O–H groups in total. The topological polar surface area (TPSA) is 54.5 Å². The second-order valence-corrected chi connectivity index (χ2v) is 3.50. The number of H-pyrrole nitrogens is 1. The highest BCUT2D eigenvalue weighted by Crippen LogP contribution is 2.10. The van der Waals surface area contributed by atoms with Gasteiger partial charge in [0.25, 0.3) is 0 Å². The Kier molecular flexibility index (Phi) is 2.26. The normalized spacial score (nSPS) is 10.4. The number of rotatable bonds is 2. The molecule has 0 amide bonds. The third-order valence-electron chi connectivity index (χ3n) is 2.03. The molecule has 2 rings (SSSR count). The Morgan fingerprint density at radius 1 is 1.14 bits per heavy atom. The minimum atomic E-state index is 0.731. The van der Waals surface area contributed by atoms with Gasteiger partial charge in [-0.3, -0.25) is 0 Å². The zero-order valence-electron chi connectivity index (χ0n) is 8.28. The fourth-order valence-corrected chi connectivity index (χ4v) is 1.61. The number of aromatic amines is 1. The molecule has 1 aromatic carbocycles. The van der Waals surface area contributed by atoms with Crippen LogP contribution in [0.25, 0.3) is 0 Å². The van der Waals surface area contributed by atoms with Crippen molar-refractivity contribution in [3.63, 3.8) is 0 Å². The summed E-state index contributed by atoms with van der Waals surface area (Å²) in [6, 6.07) is 6.44. The molecule has 4 heteroatoms. The first-order chi connectivity index (χ1) is 6.74. The molecule has 0 aliphatic carbocycles. The zero-order valence-corrected chi connectivity index (χ0v) is 8.28. The minimum absolute atomic E-state index is 0.731. The van der Waals surface area contributed by atoms with Gasteiger partial charge < -0.3 is 0 Å². The Bertz CT molecular complexity index is 399. The lowest BCUT2D eigenvalue weighted by atomic mass is 10.1. The van der Waals surface area contributed by atoms with Crippen LogP contribution in [0.5, 0.6) is 0 Å². The summed E-state index contributed by atoms with van der Waals surface area (Å²) < 4.78 is 0. The van der Waals surface area contributed by atoms with E-state index in [-0.39, 0.29) is 0 Å². The van der Waals surface area contributed by atoms with Crippen LogP contribution in [0.4, 0.5) is 0 Å². The van der Waals surface area contributed by atoms with Crippen molar-refractivity contribution in [2.24, 2.45) is 0 Å². The molecular formula is C10H12N4. The molecule has 72 valence electrons. The van der Waals surface area contributed by atoms with Gasteiger partial charge in [0.2, 0.25) is 0 Å². The van der Waals surface area contributed by atoms with Crippen LogP contribution in [0.2, 0.25) is 0 Å². The number of hydrogen-bond acceptors (Lipinski definition) is 3. The molecule has 0 spiro atoms. The van der Waals surface area contributed by atoms with Gasteiger partial charge in [0.1, 0.15) is 0 Å². The molecule has 0 atom stereocenters. The van der Waals surface area contributed by atoms with Crippen molar-refractivity contribution in [1.82, 2.24) is 20.6 Å². The van der Waals surface area contributed by atoms with E-state index < -0.39 is 0 Å². The van der Waals surface area contributed by atoms with E-state index in [4.69, 9.17) is 0 Å². The number of tetrazole rings is 1. The van der Waals surface area contributed by atoms with Crippen LogP contribution in [-0.4, -0.2) is 20.6 Å². The predicted molar refractivity (Wildman–Crippen MR) is 52.9 cm³/mol.